The highest BCUT2D eigenvalue weighted by atomic mass is 35.5. The second-order valence-electron chi connectivity index (χ2n) is 4.86. The van der Waals surface area contributed by atoms with Crippen LogP contribution in [0.25, 0.3) is 10.8 Å². The molecular weight excluding hydrogens is 330 g/mol. The number of fused-ring (bicyclic) bond motifs is 1. The summed E-state index contributed by atoms with van der Waals surface area (Å²) in [6.07, 6.45) is 3.72. The van der Waals surface area contributed by atoms with Gasteiger partial charge in [-0.05, 0) is 30.5 Å². The van der Waals surface area contributed by atoms with E-state index in [9.17, 15) is 0 Å². The van der Waals surface area contributed by atoms with Gasteiger partial charge in [0.05, 0.1) is 5.69 Å². The van der Waals surface area contributed by atoms with Crippen molar-refractivity contribution in [2.45, 2.75) is 4.90 Å². The molecule has 0 bridgehead atoms. The normalized spacial score (nSPS) is 11.9. The van der Waals surface area contributed by atoms with Crippen molar-refractivity contribution >= 4 is 51.7 Å². The van der Waals surface area contributed by atoms with Gasteiger partial charge in [0.2, 0.25) is 11.8 Å². The first-order valence-electron chi connectivity index (χ1n) is 6.98. The molecule has 4 nitrogen and oxygen atoms in total. The van der Waals surface area contributed by atoms with Gasteiger partial charge in [-0.1, -0.05) is 29.8 Å². The van der Waals surface area contributed by atoms with Crippen LogP contribution in [-0.2, 0) is 0 Å². The Morgan fingerprint density at radius 2 is 2.04 bits per heavy atom. The standard InChI is InChI=1S/C17H16ClN3OS/c1-20-17(19)21(14-9-12(18)7-8-15(14)23-2)16-13-6-4-3-5-11(13)10-22-16/h3-10H,1-2H3,(H2,19,20). The van der Waals surface area contributed by atoms with Crippen LogP contribution in [0.15, 0.2) is 63.0 Å². The number of hydrogen-bond acceptors (Lipinski definition) is 3. The minimum Gasteiger partial charge on any atom is -0.447 e. The Morgan fingerprint density at radius 1 is 1.26 bits per heavy atom. The van der Waals surface area contributed by atoms with Crippen LogP contribution in [-0.4, -0.2) is 19.3 Å². The number of guanidine groups is 1. The smallest absolute Gasteiger partial charge is 0.214 e. The first kappa shape index (κ1) is 15.8. The molecule has 3 rings (SSSR count). The number of anilines is 2. The molecule has 0 spiro atoms. The Bertz CT molecular complexity index is 875. The number of furan rings is 1. The Labute approximate surface area is 143 Å². The summed E-state index contributed by atoms with van der Waals surface area (Å²) in [5, 5.41) is 2.60. The highest BCUT2D eigenvalue weighted by molar-refractivity contribution is 7.98. The van der Waals surface area contributed by atoms with Crippen LogP contribution in [0.3, 0.4) is 0 Å². The van der Waals surface area contributed by atoms with Crippen LogP contribution in [0.4, 0.5) is 11.6 Å². The van der Waals surface area contributed by atoms with Crippen LogP contribution in [0, 0.1) is 0 Å². The summed E-state index contributed by atoms with van der Waals surface area (Å²) >= 11 is 7.81. The minimum absolute atomic E-state index is 0.336. The molecule has 0 aliphatic carbocycles. The third kappa shape index (κ3) is 2.90. The van der Waals surface area contributed by atoms with E-state index in [0.29, 0.717) is 16.9 Å². The van der Waals surface area contributed by atoms with Crippen LogP contribution in [0.5, 0.6) is 0 Å². The van der Waals surface area contributed by atoms with Gasteiger partial charge in [0.25, 0.3) is 0 Å². The summed E-state index contributed by atoms with van der Waals surface area (Å²) in [7, 11) is 1.65. The second kappa shape index (κ2) is 6.56. The molecule has 0 fully saturated rings. The molecule has 2 N–H and O–H groups in total. The van der Waals surface area contributed by atoms with E-state index in [1.807, 2.05) is 48.7 Å². The van der Waals surface area contributed by atoms with Gasteiger partial charge in [-0.25, -0.2) is 4.90 Å². The molecule has 0 saturated carbocycles. The van der Waals surface area contributed by atoms with E-state index in [1.165, 1.54) is 0 Å². The fraction of sp³-hybridized carbons (Fsp3) is 0.118. The van der Waals surface area contributed by atoms with E-state index in [-0.39, 0.29) is 0 Å². The predicted molar refractivity (Wildman–Crippen MR) is 99.1 cm³/mol. The quantitative estimate of drug-likeness (QED) is 0.417. The van der Waals surface area contributed by atoms with Crippen molar-refractivity contribution < 1.29 is 4.42 Å². The van der Waals surface area contributed by atoms with E-state index >= 15 is 0 Å². The topological polar surface area (TPSA) is 54.8 Å². The molecule has 118 valence electrons. The third-order valence-corrected chi connectivity index (χ3v) is 4.55. The Hall–Kier alpha value is -2.11. The molecule has 0 aliphatic rings. The predicted octanol–water partition coefficient (Wildman–Crippen LogP) is 4.89. The van der Waals surface area contributed by atoms with Crippen molar-refractivity contribution in [2.75, 3.05) is 18.2 Å². The third-order valence-electron chi connectivity index (χ3n) is 3.53. The van der Waals surface area contributed by atoms with E-state index in [4.69, 9.17) is 21.8 Å². The number of nitrogens with two attached hydrogens (primary N) is 1. The van der Waals surface area contributed by atoms with Crippen molar-refractivity contribution in [3.8, 4) is 0 Å². The van der Waals surface area contributed by atoms with Crippen molar-refractivity contribution in [1.29, 1.82) is 0 Å². The largest absolute Gasteiger partial charge is 0.447 e. The maximum atomic E-state index is 6.20. The molecule has 23 heavy (non-hydrogen) atoms. The summed E-state index contributed by atoms with van der Waals surface area (Å²) in [5.41, 5.74) is 7.01. The monoisotopic (exact) mass is 345 g/mol. The first-order valence-corrected chi connectivity index (χ1v) is 8.58. The molecule has 3 aromatic rings. The van der Waals surface area contributed by atoms with Gasteiger partial charge in [-0.2, -0.15) is 0 Å². The molecule has 0 amide bonds. The van der Waals surface area contributed by atoms with Gasteiger partial charge >= 0.3 is 0 Å². The number of halogens is 1. The second-order valence-corrected chi connectivity index (χ2v) is 6.15. The lowest BCUT2D eigenvalue weighted by Crippen LogP contribution is -2.33. The fourth-order valence-electron chi connectivity index (χ4n) is 2.43. The van der Waals surface area contributed by atoms with Crippen LogP contribution >= 0.6 is 23.4 Å². The van der Waals surface area contributed by atoms with E-state index < -0.39 is 0 Å². The Morgan fingerprint density at radius 3 is 2.78 bits per heavy atom. The summed E-state index contributed by atoms with van der Waals surface area (Å²) < 4.78 is 5.81. The van der Waals surface area contributed by atoms with Gasteiger partial charge in [0.15, 0.2) is 0 Å². The lowest BCUT2D eigenvalue weighted by atomic mass is 10.2. The molecule has 2 aromatic carbocycles. The lowest BCUT2D eigenvalue weighted by Gasteiger charge is -2.23. The van der Waals surface area contributed by atoms with Crippen LogP contribution < -0.4 is 10.6 Å². The fourth-order valence-corrected chi connectivity index (χ4v) is 3.16. The number of benzene rings is 2. The van der Waals surface area contributed by atoms with E-state index in [2.05, 4.69) is 4.99 Å². The molecule has 6 heteroatoms. The Kier molecular flexibility index (Phi) is 4.50. The molecule has 0 atom stereocenters. The maximum Gasteiger partial charge on any atom is 0.214 e. The number of thioether (sulfide) groups is 1. The molecule has 0 radical (unpaired) electrons. The Balaban J connectivity index is 2.26. The van der Waals surface area contributed by atoms with Crippen LogP contribution in [0.1, 0.15) is 0 Å². The van der Waals surface area contributed by atoms with Crippen molar-refractivity contribution in [2.24, 2.45) is 10.7 Å². The van der Waals surface area contributed by atoms with E-state index in [0.717, 1.165) is 21.4 Å². The van der Waals surface area contributed by atoms with Gasteiger partial charge in [-0.15, -0.1) is 11.8 Å². The van der Waals surface area contributed by atoms with Crippen molar-refractivity contribution in [3.05, 3.63) is 53.8 Å². The zero-order valence-corrected chi connectivity index (χ0v) is 14.4. The zero-order valence-electron chi connectivity index (χ0n) is 12.8. The number of aliphatic imine (C=N–C) groups is 1. The SMILES string of the molecule is CN=C(N)N(c1cc(Cl)ccc1SC)c1occ2ccccc12. The molecule has 0 aliphatic heterocycles. The number of nitrogens with zero attached hydrogens (tertiary/aromatic N) is 2. The van der Waals surface area contributed by atoms with Crippen molar-refractivity contribution in [3.63, 3.8) is 0 Å². The van der Waals surface area contributed by atoms with Gasteiger partial charge in [-0.3, -0.25) is 4.99 Å². The van der Waals surface area contributed by atoms with Gasteiger partial charge in [0, 0.05) is 27.7 Å². The maximum absolute atomic E-state index is 6.20. The highest BCUT2D eigenvalue weighted by Crippen LogP contribution is 2.39. The molecule has 1 aromatic heterocycles. The van der Waals surface area contributed by atoms with Crippen LogP contribution in [0.2, 0.25) is 5.02 Å². The molecule has 0 saturated heterocycles. The van der Waals surface area contributed by atoms with Crippen molar-refractivity contribution in [1.82, 2.24) is 0 Å². The lowest BCUT2D eigenvalue weighted by molar-refractivity contribution is 0.580. The molecule has 0 unspecified atom stereocenters. The van der Waals surface area contributed by atoms with Gasteiger partial charge < -0.3 is 10.2 Å². The minimum atomic E-state index is 0.336. The summed E-state index contributed by atoms with van der Waals surface area (Å²) in [4.78, 5) is 6.96. The zero-order chi connectivity index (χ0) is 16.4. The average Bonchev–Trinajstić information content (AvgIpc) is 2.99. The number of hydrogen-bond donors (Lipinski definition) is 1. The summed E-state index contributed by atoms with van der Waals surface area (Å²) in [6, 6.07) is 13.6. The van der Waals surface area contributed by atoms with Gasteiger partial charge in [0.1, 0.15) is 6.26 Å². The summed E-state index contributed by atoms with van der Waals surface area (Å²) in [5.74, 6) is 0.962. The highest BCUT2D eigenvalue weighted by Gasteiger charge is 2.22. The molecule has 1 heterocycles. The number of rotatable bonds is 3. The molecular formula is C17H16ClN3OS. The van der Waals surface area contributed by atoms with E-state index in [1.54, 1.807) is 30.0 Å². The summed E-state index contributed by atoms with van der Waals surface area (Å²) in [6.45, 7) is 0. The first-order chi connectivity index (χ1) is 11.2. The average molecular weight is 346 g/mol.